The molecule has 0 aliphatic carbocycles. The number of hydrogen-bond donors (Lipinski definition) is 0. The Balaban J connectivity index is 1.45. The molecule has 2 fully saturated rings. The smallest absolute Gasteiger partial charge is 0.282 e. The molecule has 12 heteroatoms. The average Bonchev–Trinajstić information content (AvgIpc) is 3.43. The number of halogens is 3. The van der Waals surface area contributed by atoms with Crippen LogP contribution in [0.15, 0.2) is 60.0 Å². The molecule has 226 valence electrons. The lowest BCUT2D eigenvalue weighted by Crippen LogP contribution is -2.55. The maximum absolute atomic E-state index is 16.0. The lowest BCUT2D eigenvalue weighted by atomic mass is 9.98. The minimum absolute atomic E-state index is 0.0120. The highest BCUT2D eigenvalue weighted by molar-refractivity contribution is 7.99. The Kier molecular flexibility index (Phi) is 8.67. The van der Waals surface area contributed by atoms with Crippen LogP contribution < -0.4 is 4.90 Å². The average molecular weight is 634 g/mol. The van der Waals surface area contributed by atoms with Crippen molar-refractivity contribution >= 4 is 56.9 Å². The van der Waals surface area contributed by atoms with Crippen LogP contribution in [0.1, 0.15) is 19.3 Å². The van der Waals surface area contributed by atoms with Gasteiger partial charge in [0.2, 0.25) is 5.95 Å². The number of carbonyl (C=O) groups excluding carboxylic acids is 1. The number of nitriles is 1. The molecule has 4 heterocycles. The Morgan fingerprint density at radius 3 is 2.66 bits per heavy atom. The van der Waals surface area contributed by atoms with Crippen molar-refractivity contribution in [1.82, 2.24) is 24.8 Å². The molecule has 0 spiro atoms. The second-order valence-corrected chi connectivity index (χ2v) is 12.5. The van der Waals surface area contributed by atoms with Crippen molar-refractivity contribution in [2.75, 3.05) is 43.9 Å². The molecule has 2 aromatic carbocycles. The number of benzene rings is 2. The van der Waals surface area contributed by atoms with Gasteiger partial charge in [0.25, 0.3) is 5.91 Å². The van der Waals surface area contributed by atoms with Gasteiger partial charge < -0.3 is 14.7 Å². The number of carbonyl (C=O) groups is 1. The van der Waals surface area contributed by atoms with Crippen LogP contribution >= 0.6 is 23.4 Å². The monoisotopic (exact) mass is 633 g/mol. The summed E-state index contributed by atoms with van der Waals surface area (Å²) in [6.07, 6.45) is 2.22. The third-order valence-electron chi connectivity index (χ3n) is 8.41. The number of anilines is 1. The van der Waals surface area contributed by atoms with Crippen molar-refractivity contribution < 1.29 is 13.6 Å². The second-order valence-electron chi connectivity index (χ2n) is 11.1. The molecule has 0 radical (unpaired) electrons. The van der Waals surface area contributed by atoms with Gasteiger partial charge in [-0.15, -0.1) is 0 Å². The van der Waals surface area contributed by atoms with E-state index in [1.807, 2.05) is 35.2 Å². The molecule has 8 nitrogen and oxygen atoms in total. The van der Waals surface area contributed by atoms with Crippen molar-refractivity contribution in [3.8, 4) is 17.2 Å². The number of aromatic nitrogens is 3. The molecule has 0 saturated carbocycles. The van der Waals surface area contributed by atoms with Gasteiger partial charge in [0.05, 0.1) is 24.0 Å². The van der Waals surface area contributed by atoms with Gasteiger partial charge >= 0.3 is 0 Å². The van der Waals surface area contributed by atoms with Crippen molar-refractivity contribution in [3.63, 3.8) is 0 Å². The quantitative estimate of drug-likeness (QED) is 0.102. The molecule has 2 aliphatic rings. The summed E-state index contributed by atoms with van der Waals surface area (Å²) >= 11 is 8.11. The molecule has 1 unspecified atom stereocenters. The minimum Gasteiger partial charge on any atom is -0.351 e. The summed E-state index contributed by atoms with van der Waals surface area (Å²) in [6.45, 7) is 4.80. The number of thioether (sulfide) groups is 1. The van der Waals surface area contributed by atoms with E-state index < -0.39 is 23.7 Å². The summed E-state index contributed by atoms with van der Waals surface area (Å²) in [5.41, 5.74) is 1.61. The summed E-state index contributed by atoms with van der Waals surface area (Å²) < 4.78 is 29.8. The van der Waals surface area contributed by atoms with Crippen LogP contribution in [0.25, 0.3) is 32.9 Å². The van der Waals surface area contributed by atoms with Gasteiger partial charge in [-0.1, -0.05) is 60.3 Å². The molecule has 44 heavy (non-hydrogen) atoms. The van der Waals surface area contributed by atoms with E-state index in [4.69, 9.17) is 21.6 Å². The van der Waals surface area contributed by atoms with E-state index in [1.54, 1.807) is 12.1 Å². The largest absolute Gasteiger partial charge is 0.351 e. The minimum atomic E-state index is -1.07. The molecule has 4 aromatic rings. The summed E-state index contributed by atoms with van der Waals surface area (Å²) in [7, 11) is 2.11. The topological polar surface area (TPSA) is 89.2 Å². The highest BCUT2D eigenvalue weighted by Crippen LogP contribution is 2.37. The first-order valence-electron chi connectivity index (χ1n) is 14.4. The summed E-state index contributed by atoms with van der Waals surface area (Å²) in [4.78, 5) is 32.1. The lowest BCUT2D eigenvalue weighted by molar-refractivity contribution is -0.131. The molecule has 2 aromatic heterocycles. The van der Waals surface area contributed by atoms with Crippen molar-refractivity contribution in [2.45, 2.75) is 36.5 Å². The number of hydrogen-bond acceptors (Lipinski definition) is 8. The summed E-state index contributed by atoms with van der Waals surface area (Å²) in [5, 5.41) is 12.1. The van der Waals surface area contributed by atoms with Crippen LogP contribution in [0.4, 0.5) is 14.6 Å². The first-order valence-corrected chi connectivity index (χ1v) is 15.8. The maximum atomic E-state index is 16.0. The number of rotatable bonds is 7. The van der Waals surface area contributed by atoms with Gasteiger partial charge in [-0.05, 0) is 49.5 Å². The van der Waals surface area contributed by atoms with Crippen LogP contribution in [0, 0.1) is 17.3 Å². The van der Waals surface area contributed by atoms with E-state index in [0.717, 1.165) is 35.9 Å². The summed E-state index contributed by atoms with van der Waals surface area (Å²) in [5.74, 6) is -1.40. The fourth-order valence-electron chi connectivity index (χ4n) is 6.11. The van der Waals surface area contributed by atoms with E-state index in [9.17, 15) is 14.4 Å². The van der Waals surface area contributed by atoms with Crippen LogP contribution in [0.2, 0.25) is 5.02 Å². The molecule has 2 atom stereocenters. The molecule has 0 N–H and O–H groups in total. The molecular formula is C32H30ClF2N7OS. The van der Waals surface area contributed by atoms with Crippen LogP contribution in [-0.2, 0) is 4.79 Å². The number of fused-ring (bicyclic) bond motifs is 2. The summed E-state index contributed by atoms with van der Waals surface area (Å²) in [6, 6.07) is 14.7. The van der Waals surface area contributed by atoms with Gasteiger partial charge in [-0.2, -0.15) is 9.65 Å². The lowest BCUT2D eigenvalue weighted by Gasteiger charge is -2.41. The molecule has 2 aliphatic heterocycles. The molecule has 0 bridgehead atoms. The van der Waals surface area contributed by atoms with Crippen molar-refractivity contribution in [2.24, 2.45) is 0 Å². The zero-order valence-electron chi connectivity index (χ0n) is 24.1. The predicted molar refractivity (Wildman–Crippen MR) is 170 cm³/mol. The van der Waals surface area contributed by atoms with Gasteiger partial charge in [0, 0.05) is 47.4 Å². The third-order valence-corrected chi connectivity index (χ3v) is 9.71. The number of nitrogens with zero attached hydrogens (tertiary/aromatic N) is 7. The van der Waals surface area contributed by atoms with E-state index in [1.165, 1.54) is 16.7 Å². The Morgan fingerprint density at radius 2 is 1.93 bits per heavy atom. The van der Waals surface area contributed by atoms with Crippen LogP contribution in [0.3, 0.4) is 0 Å². The zero-order valence-corrected chi connectivity index (χ0v) is 25.7. The fraction of sp³-hybridized carbons (Fsp3) is 0.344. The zero-order chi connectivity index (χ0) is 31.0. The predicted octanol–water partition coefficient (Wildman–Crippen LogP) is 6.24. The highest BCUT2D eigenvalue weighted by atomic mass is 35.5. The van der Waals surface area contributed by atoms with E-state index in [2.05, 4.69) is 29.6 Å². The van der Waals surface area contributed by atoms with Gasteiger partial charge in [-0.3, -0.25) is 4.79 Å². The SMILES string of the molecule is C=C(F)C(=O)N1CCN(c2nc(SCC3CCCN3C)nc3cc(-c4cccc5cccc(Cl)c45)c(F)nc23)C[C@@H]1CC#N. The van der Waals surface area contributed by atoms with E-state index in [0.29, 0.717) is 33.1 Å². The second kappa shape index (κ2) is 12.6. The van der Waals surface area contributed by atoms with Crippen molar-refractivity contribution in [1.29, 1.82) is 5.26 Å². The van der Waals surface area contributed by atoms with E-state index in [-0.39, 0.29) is 37.1 Å². The number of pyridine rings is 1. The van der Waals surface area contributed by atoms with Crippen molar-refractivity contribution in [3.05, 3.63) is 65.8 Å². The maximum Gasteiger partial charge on any atom is 0.282 e. The van der Waals surface area contributed by atoms with Crippen LogP contribution in [0.5, 0.6) is 0 Å². The standard InChI is InChI=1S/C32H30ClF2N7OS/c1-19(34)31(43)42-15-14-41(17-21(42)11-12-36)30-28-26(37-32(39-30)44-18-22-8-5-13-40(22)2)16-24(29(35)38-28)23-9-3-6-20-7-4-10-25(33)27(20)23/h3-4,6-7,9-10,16,21-22H,1,5,8,11,13-15,17-18H2,2H3/t21-,22?/m0/s1. The number of amides is 1. The Hall–Kier alpha value is -3.85. The number of piperazine rings is 1. The molecule has 1 amide bonds. The first kappa shape index (κ1) is 30.2. The van der Waals surface area contributed by atoms with Gasteiger partial charge in [0.15, 0.2) is 16.8 Å². The third kappa shape index (κ3) is 5.82. The van der Waals surface area contributed by atoms with Gasteiger partial charge in [-0.25, -0.2) is 19.3 Å². The highest BCUT2D eigenvalue weighted by Gasteiger charge is 2.34. The van der Waals surface area contributed by atoms with Gasteiger partial charge in [0.1, 0.15) is 5.52 Å². The first-order chi connectivity index (χ1) is 21.2. The normalized spacial score (nSPS) is 19.1. The molecular weight excluding hydrogens is 604 g/mol. The Morgan fingerprint density at radius 1 is 1.14 bits per heavy atom. The fourth-order valence-corrected chi connectivity index (χ4v) is 7.47. The number of likely N-dealkylation sites (tertiary alicyclic amines) is 1. The Labute approximate surface area is 263 Å². The van der Waals surface area contributed by atoms with E-state index >= 15 is 4.39 Å². The molecule has 6 rings (SSSR count). The molecule has 2 saturated heterocycles. The Bertz CT molecular complexity index is 1810. The van der Waals surface area contributed by atoms with Crippen LogP contribution in [-0.4, -0.2) is 81.7 Å².